The number of anilines is 1. The van der Waals surface area contributed by atoms with Gasteiger partial charge in [-0.1, -0.05) is 32.1 Å². The molecule has 3 amide bonds. The maximum absolute atomic E-state index is 13.1. The maximum atomic E-state index is 13.1. The molecule has 1 heterocycles. The number of hydrogen-bond acceptors (Lipinski definition) is 3. The Balaban J connectivity index is 1.85. The van der Waals surface area contributed by atoms with Crippen LogP contribution in [0.1, 0.15) is 44.2 Å². The molecule has 0 saturated carbocycles. The number of carbonyl (C=O) groups excluding carboxylic acids is 3. The van der Waals surface area contributed by atoms with Crippen molar-refractivity contribution in [2.24, 2.45) is 17.8 Å². The van der Waals surface area contributed by atoms with E-state index in [0.29, 0.717) is 24.9 Å². The average molecular weight is 368 g/mol. The summed E-state index contributed by atoms with van der Waals surface area (Å²) in [5.74, 6) is -1.13. The Hall–Kier alpha value is -2.43. The first-order valence-corrected chi connectivity index (χ1v) is 9.69. The largest absolute Gasteiger partial charge is 0.324 e. The van der Waals surface area contributed by atoms with E-state index in [-0.39, 0.29) is 35.5 Å². The van der Waals surface area contributed by atoms with Gasteiger partial charge in [-0.25, -0.2) is 0 Å². The van der Waals surface area contributed by atoms with Crippen molar-refractivity contribution in [2.45, 2.75) is 53.0 Å². The smallest absolute Gasteiger partial charge is 0.247 e. The fourth-order valence-electron chi connectivity index (χ4n) is 3.95. The summed E-state index contributed by atoms with van der Waals surface area (Å²) in [6, 6.07) is 4.95. The Morgan fingerprint density at radius 2 is 1.67 bits per heavy atom. The second-order valence-corrected chi connectivity index (χ2v) is 8.14. The van der Waals surface area contributed by atoms with Crippen molar-refractivity contribution in [3.05, 3.63) is 41.5 Å². The van der Waals surface area contributed by atoms with Gasteiger partial charge in [-0.05, 0) is 62.3 Å². The van der Waals surface area contributed by atoms with Crippen molar-refractivity contribution in [3.63, 3.8) is 0 Å². The van der Waals surface area contributed by atoms with Gasteiger partial charge in [0.05, 0.1) is 11.8 Å². The first kappa shape index (κ1) is 19.3. The third-order valence-electron chi connectivity index (χ3n) is 5.63. The third kappa shape index (κ3) is 3.82. The minimum Gasteiger partial charge on any atom is -0.324 e. The normalized spacial score (nSPS) is 22.9. The predicted octanol–water partition coefficient (Wildman–Crippen LogP) is 3.61. The molecule has 3 rings (SSSR count). The van der Waals surface area contributed by atoms with Crippen LogP contribution in [0.3, 0.4) is 0 Å². The lowest BCUT2D eigenvalue weighted by atomic mass is 9.85. The Morgan fingerprint density at radius 1 is 1.07 bits per heavy atom. The molecule has 5 heteroatoms. The number of allylic oxidation sites excluding steroid dienone is 2. The number of aryl methyl sites for hydroxylation is 2. The van der Waals surface area contributed by atoms with Crippen LogP contribution in [0.25, 0.3) is 0 Å². The molecule has 0 spiro atoms. The molecule has 0 aromatic heterocycles. The van der Waals surface area contributed by atoms with Crippen LogP contribution >= 0.6 is 0 Å². The van der Waals surface area contributed by atoms with E-state index in [1.165, 1.54) is 4.90 Å². The summed E-state index contributed by atoms with van der Waals surface area (Å²) in [4.78, 5) is 40.1. The third-order valence-corrected chi connectivity index (χ3v) is 5.63. The fraction of sp³-hybridized carbons (Fsp3) is 0.500. The second-order valence-electron chi connectivity index (χ2n) is 8.14. The summed E-state index contributed by atoms with van der Waals surface area (Å²) in [5.41, 5.74) is 2.92. The van der Waals surface area contributed by atoms with Crippen molar-refractivity contribution in [1.29, 1.82) is 0 Å². The van der Waals surface area contributed by atoms with E-state index in [0.717, 1.165) is 11.1 Å². The van der Waals surface area contributed by atoms with Gasteiger partial charge in [-0.2, -0.15) is 0 Å². The number of hydrogen-bond donors (Lipinski definition) is 1. The molecule has 1 aromatic rings. The Morgan fingerprint density at radius 3 is 2.19 bits per heavy atom. The van der Waals surface area contributed by atoms with Crippen LogP contribution in [0.15, 0.2) is 30.4 Å². The van der Waals surface area contributed by atoms with Crippen LogP contribution < -0.4 is 5.32 Å². The number of benzene rings is 1. The maximum Gasteiger partial charge on any atom is 0.247 e. The molecular formula is C22H28N2O3. The molecule has 5 nitrogen and oxygen atoms in total. The van der Waals surface area contributed by atoms with Crippen LogP contribution in [0.2, 0.25) is 0 Å². The number of nitrogens with one attached hydrogen (secondary N) is 1. The number of likely N-dealkylation sites (tertiary alicyclic amines) is 1. The lowest BCUT2D eigenvalue weighted by Gasteiger charge is -2.27. The van der Waals surface area contributed by atoms with Crippen LogP contribution in [-0.4, -0.2) is 28.7 Å². The van der Waals surface area contributed by atoms with Gasteiger partial charge in [0, 0.05) is 5.69 Å². The summed E-state index contributed by atoms with van der Waals surface area (Å²) < 4.78 is 0. The van der Waals surface area contributed by atoms with Crippen LogP contribution in [0.4, 0.5) is 5.69 Å². The number of carbonyl (C=O) groups is 3. The van der Waals surface area contributed by atoms with Crippen molar-refractivity contribution < 1.29 is 14.4 Å². The molecular weight excluding hydrogens is 340 g/mol. The van der Waals surface area contributed by atoms with E-state index in [4.69, 9.17) is 0 Å². The second kappa shape index (κ2) is 7.67. The van der Waals surface area contributed by atoms with Crippen LogP contribution in [0, 0.1) is 31.6 Å². The standard InChI is InChI=1S/C22H28N2O3/c1-13(2)11-19(20(25)23-16-10-9-14(3)15(4)12-16)24-21(26)17-7-5-6-8-18(17)22(24)27/h5-6,9-10,12-13,17-19H,7-8,11H2,1-4H3,(H,23,25). The zero-order chi connectivity index (χ0) is 19.7. The van der Waals surface area contributed by atoms with Crippen molar-refractivity contribution in [1.82, 2.24) is 4.90 Å². The van der Waals surface area contributed by atoms with Crippen LogP contribution in [0.5, 0.6) is 0 Å². The van der Waals surface area contributed by atoms with E-state index in [1.54, 1.807) is 0 Å². The molecule has 0 radical (unpaired) electrons. The highest BCUT2D eigenvalue weighted by Gasteiger charge is 2.51. The summed E-state index contributed by atoms with van der Waals surface area (Å²) >= 11 is 0. The zero-order valence-electron chi connectivity index (χ0n) is 16.5. The number of amides is 3. The van der Waals surface area contributed by atoms with E-state index in [9.17, 15) is 14.4 Å². The van der Waals surface area contributed by atoms with Crippen molar-refractivity contribution >= 4 is 23.4 Å². The Labute approximate surface area is 160 Å². The summed E-state index contributed by atoms with van der Waals surface area (Å²) in [6.07, 6.45) is 5.55. The Bertz CT molecular complexity index is 771. The highest BCUT2D eigenvalue weighted by molar-refractivity contribution is 6.10. The van der Waals surface area contributed by atoms with Gasteiger partial charge < -0.3 is 5.32 Å². The molecule has 3 atom stereocenters. The first-order valence-electron chi connectivity index (χ1n) is 9.69. The predicted molar refractivity (Wildman–Crippen MR) is 105 cm³/mol. The number of rotatable bonds is 5. The molecule has 0 bridgehead atoms. The lowest BCUT2D eigenvalue weighted by Crippen LogP contribution is -2.48. The molecule has 27 heavy (non-hydrogen) atoms. The monoisotopic (exact) mass is 368 g/mol. The zero-order valence-corrected chi connectivity index (χ0v) is 16.5. The minimum atomic E-state index is -0.766. The first-order chi connectivity index (χ1) is 12.8. The topological polar surface area (TPSA) is 66.5 Å². The average Bonchev–Trinajstić information content (AvgIpc) is 2.87. The molecule has 1 aliphatic heterocycles. The van der Waals surface area contributed by atoms with Gasteiger partial charge in [0.1, 0.15) is 6.04 Å². The molecule has 2 aliphatic rings. The molecule has 1 aliphatic carbocycles. The summed E-state index contributed by atoms with van der Waals surface area (Å²) in [5, 5.41) is 2.91. The SMILES string of the molecule is Cc1ccc(NC(=O)C(CC(C)C)N2C(=O)C3CC=CCC3C2=O)cc1C. The number of imide groups is 1. The Kier molecular flexibility index (Phi) is 5.49. The van der Waals surface area contributed by atoms with E-state index >= 15 is 0 Å². The number of fused-ring (bicyclic) bond motifs is 1. The van der Waals surface area contributed by atoms with Crippen molar-refractivity contribution in [3.8, 4) is 0 Å². The minimum absolute atomic E-state index is 0.182. The molecule has 1 aromatic carbocycles. The highest BCUT2D eigenvalue weighted by Crippen LogP contribution is 2.37. The molecule has 1 saturated heterocycles. The van der Waals surface area contributed by atoms with E-state index in [1.807, 2.05) is 58.0 Å². The molecule has 1 fully saturated rings. The van der Waals surface area contributed by atoms with Crippen molar-refractivity contribution in [2.75, 3.05) is 5.32 Å². The van der Waals surface area contributed by atoms with E-state index < -0.39 is 6.04 Å². The molecule has 3 unspecified atom stereocenters. The van der Waals surface area contributed by atoms with Gasteiger partial charge in [0.25, 0.3) is 0 Å². The highest BCUT2D eigenvalue weighted by atomic mass is 16.2. The molecule has 144 valence electrons. The number of nitrogens with zero attached hydrogens (tertiary/aromatic N) is 1. The van der Waals surface area contributed by atoms with Gasteiger partial charge in [-0.15, -0.1) is 0 Å². The molecule has 1 N–H and O–H groups in total. The summed E-state index contributed by atoms with van der Waals surface area (Å²) in [6.45, 7) is 7.99. The van der Waals surface area contributed by atoms with Gasteiger partial charge in [-0.3, -0.25) is 19.3 Å². The fourth-order valence-corrected chi connectivity index (χ4v) is 3.95. The van der Waals surface area contributed by atoms with Gasteiger partial charge >= 0.3 is 0 Å². The lowest BCUT2D eigenvalue weighted by molar-refractivity contribution is -0.147. The quantitative estimate of drug-likeness (QED) is 0.638. The van der Waals surface area contributed by atoms with E-state index in [2.05, 4.69) is 5.32 Å². The van der Waals surface area contributed by atoms with Gasteiger partial charge in [0.15, 0.2) is 0 Å². The van der Waals surface area contributed by atoms with Crippen LogP contribution in [-0.2, 0) is 14.4 Å². The van der Waals surface area contributed by atoms with Gasteiger partial charge in [0.2, 0.25) is 17.7 Å². The summed E-state index contributed by atoms with van der Waals surface area (Å²) in [7, 11) is 0.